The molecule has 230 valence electrons. The van der Waals surface area contributed by atoms with Gasteiger partial charge < -0.3 is 16.2 Å². The highest BCUT2D eigenvalue weighted by atomic mass is 19.4. The molecule has 2 aromatic carbocycles. The number of aromatic nitrogens is 3. The van der Waals surface area contributed by atoms with Crippen molar-refractivity contribution in [2.24, 2.45) is 5.73 Å². The first-order chi connectivity index (χ1) is 20.8. The number of aliphatic hydroxyl groups excluding tert-OH is 1. The topological polar surface area (TPSA) is 123 Å². The number of fused-ring (bicyclic) bond motifs is 1. The van der Waals surface area contributed by atoms with Crippen LogP contribution in [0, 0.1) is 17.5 Å². The third kappa shape index (κ3) is 6.59. The fourth-order valence-corrected chi connectivity index (χ4v) is 5.41. The first-order valence-corrected chi connectivity index (χ1v) is 13.4. The van der Waals surface area contributed by atoms with Gasteiger partial charge in [0.1, 0.15) is 24.0 Å². The molecule has 2 aromatic heterocycles. The summed E-state index contributed by atoms with van der Waals surface area (Å²) in [4.78, 5) is 29.5. The van der Waals surface area contributed by atoms with Gasteiger partial charge in [-0.15, -0.1) is 0 Å². The van der Waals surface area contributed by atoms with E-state index in [1.165, 1.54) is 24.4 Å². The maximum atomic E-state index is 14.2. The molecule has 5 rings (SSSR count). The van der Waals surface area contributed by atoms with Crippen LogP contribution in [0.4, 0.5) is 26.3 Å². The molecule has 2 heterocycles. The van der Waals surface area contributed by atoms with Crippen LogP contribution in [0.15, 0.2) is 54.7 Å². The van der Waals surface area contributed by atoms with E-state index < -0.39 is 65.4 Å². The lowest BCUT2D eigenvalue weighted by atomic mass is 9.93. The van der Waals surface area contributed by atoms with E-state index in [1.807, 2.05) is 0 Å². The Morgan fingerprint density at radius 3 is 2.50 bits per heavy atom. The molecule has 1 aliphatic carbocycles. The van der Waals surface area contributed by atoms with E-state index in [9.17, 15) is 41.0 Å². The quantitative estimate of drug-likeness (QED) is 0.253. The van der Waals surface area contributed by atoms with Crippen LogP contribution >= 0.6 is 0 Å². The van der Waals surface area contributed by atoms with Gasteiger partial charge in [-0.3, -0.25) is 19.3 Å². The molecule has 0 radical (unpaired) electrons. The van der Waals surface area contributed by atoms with Crippen LogP contribution in [-0.4, -0.2) is 37.8 Å². The van der Waals surface area contributed by atoms with Crippen molar-refractivity contribution in [1.29, 1.82) is 0 Å². The number of carbonyl (C=O) groups is 2. The van der Waals surface area contributed by atoms with Crippen molar-refractivity contribution in [3.8, 4) is 11.1 Å². The number of aliphatic hydroxyl groups is 1. The largest absolute Gasteiger partial charge is 0.435 e. The van der Waals surface area contributed by atoms with Crippen LogP contribution in [-0.2, 0) is 36.8 Å². The lowest BCUT2D eigenvalue weighted by Gasteiger charge is -2.23. The number of hydrogen-bond acceptors (Lipinski definition) is 5. The molecule has 0 saturated carbocycles. The summed E-state index contributed by atoms with van der Waals surface area (Å²) in [6.45, 7) is -0.632. The molecular weight excluding hydrogens is 592 g/mol. The van der Waals surface area contributed by atoms with Crippen LogP contribution in [0.1, 0.15) is 51.0 Å². The molecule has 0 fully saturated rings. The predicted molar refractivity (Wildman–Crippen MR) is 144 cm³/mol. The van der Waals surface area contributed by atoms with Gasteiger partial charge in [-0.1, -0.05) is 12.1 Å². The standard InChI is InChI=1S/C30H25F6N5O3/c31-17-8-15(9-18(32)12-17)10-24(27-20(2-1-7-38-27)16-3-5-23(33)21(11-16)29(37)44)39-26(43)14-41-25-6-4-19(42)13-22(25)28(40-41)30(34,35)36/h1-3,5,7-9,11-12,19,24,42H,4,6,10,13-14H2,(H2,37,44)(H,39,43). The fourth-order valence-electron chi connectivity index (χ4n) is 5.41. The number of rotatable bonds is 8. The number of amides is 2. The zero-order valence-corrected chi connectivity index (χ0v) is 22.8. The predicted octanol–water partition coefficient (Wildman–Crippen LogP) is 4.43. The molecular formula is C30H25F6N5O3. The number of primary amides is 1. The van der Waals surface area contributed by atoms with Crippen molar-refractivity contribution < 1.29 is 41.0 Å². The Kier molecular flexibility index (Phi) is 8.46. The van der Waals surface area contributed by atoms with Gasteiger partial charge in [0.25, 0.3) is 5.91 Å². The molecule has 4 N–H and O–H groups in total. The van der Waals surface area contributed by atoms with E-state index in [4.69, 9.17) is 5.73 Å². The smallest absolute Gasteiger partial charge is 0.393 e. The Bertz CT molecular complexity index is 1720. The second-order valence-electron chi connectivity index (χ2n) is 10.4. The Hall–Kier alpha value is -4.72. The molecule has 8 nitrogen and oxygen atoms in total. The monoisotopic (exact) mass is 617 g/mol. The number of halogens is 6. The van der Waals surface area contributed by atoms with Gasteiger partial charge in [-0.25, -0.2) is 13.2 Å². The normalized spacial score (nSPS) is 15.5. The number of nitrogens with two attached hydrogens (primary N) is 1. The zero-order valence-electron chi connectivity index (χ0n) is 22.8. The van der Waals surface area contributed by atoms with Gasteiger partial charge in [0.05, 0.1) is 23.4 Å². The molecule has 4 aromatic rings. The van der Waals surface area contributed by atoms with Crippen LogP contribution in [0.2, 0.25) is 0 Å². The van der Waals surface area contributed by atoms with Gasteiger partial charge in [-0.05, 0) is 60.7 Å². The van der Waals surface area contributed by atoms with E-state index in [2.05, 4.69) is 15.4 Å². The van der Waals surface area contributed by atoms with Crippen molar-refractivity contribution in [1.82, 2.24) is 20.1 Å². The molecule has 2 atom stereocenters. The average molecular weight is 618 g/mol. The molecule has 44 heavy (non-hydrogen) atoms. The SMILES string of the molecule is NC(=O)c1cc(-c2cccnc2C(Cc2cc(F)cc(F)c2)NC(=O)Cn2nc(C(F)(F)F)c3c2CCC(O)C3)ccc1F. The average Bonchev–Trinajstić information content (AvgIpc) is 3.30. The third-order valence-corrected chi connectivity index (χ3v) is 7.29. The van der Waals surface area contributed by atoms with E-state index in [1.54, 1.807) is 6.07 Å². The summed E-state index contributed by atoms with van der Waals surface area (Å²) in [5.74, 6) is -4.42. The fraction of sp³-hybridized carbons (Fsp3) is 0.267. The summed E-state index contributed by atoms with van der Waals surface area (Å²) < 4.78 is 84.5. The number of nitrogens with zero attached hydrogens (tertiary/aromatic N) is 3. The summed E-state index contributed by atoms with van der Waals surface area (Å²) in [6.07, 6.45) is -4.62. The number of pyridine rings is 1. The molecule has 0 bridgehead atoms. The number of alkyl halides is 3. The second-order valence-corrected chi connectivity index (χ2v) is 10.4. The summed E-state index contributed by atoms with van der Waals surface area (Å²) in [5.41, 5.74) is 4.62. The second kappa shape index (κ2) is 12.1. The van der Waals surface area contributed by atoms with Crippen molar-refractivity contribution in [3.05, 3.63) is 106 Å². The summed E-state index contributed by atoms with van der Waals surface area (Å²) in [7, 11) is 0. The minimum absolute atomic E-state index is 0.0655. The van der Waals surface area contributed by atoms with E-state index in [0.717, 1.165) is 22.9 Å². The third-order valence-electron chi connectivity index (χ3n) is 7.29. The van der Waals surface area contributed by atoms with Gasteiger partial charge in [0.2, 0.25) is 5.91 Å². The molecule has 1 aliphatic rings. The maximum Gasteiger partial charge on any atom is 0.435 e. The van der Waals surface area contributed by atoms with Crippen LogP contribution in [0.25, 0.3) is 11.1 Å². The molecule has 2 unspecified atom stereocenters. The first-order valence-electron chi connectivity index (χ1n) is 13.4. The molecule has 14 heteroatoms. The lowest BCUT2D eigenvalue weighted by Crippen LogP contribution is -2.34. The van der Waals surface area contributed by atoms with Crippen LogP contribution in [0.3, 0.4) is 0 Å². The highest BCUT2D eigenvalue weighted by Gasteiger charge is 2.41. The number of benzene rings is 2. The Morgan fingerprint density at radius 2 is 1.82 bits per heavy atom. The van der Waals surface area contributed by atoms with Gasteiger partial charge >= 0.3 is 6.18 Å². The van der Waals surface area contributed by atoms with Crippen molar-refractivity contribution in [2.75, 3.05) is 0 Å². The highest BCUT2D eigenvalue weighted by molar-refractivity contribution is 5.94. The number of nitrogens with one attached hydrogen (secondary N) is 1. The first kappa shape index (κ1) is 30.7. The lowest BCUT2D eigenvalue weighted by molar-refractivity contribution is -0.142. The number of hydrogen-bond donors (Lipinski definition) is 3. The maximum absolute atomic E-state index is 14.2. The summed E-state index contributed by atoms with van der Waals surface area (Å²) in [5, 5.41) is 16.3. The van der Waals surface area contributed by atoms with Crippen LogP contribution in [0.5, 0.6) is 0 Å². The van der Waals surface area contributed by atoms with Gasteiger partial charge in [0, 0.05) is 35.5 Å². The summed E-state index contributed by atoms with van der Waals surface area (Å²) >= 11 is 0. The Balaban J connectivity index is 1.52. The van der Waals surface area contributed by atoms with Crippen molar-refractivity contribution >= 4 is 11.8 Å². The Labute approximate surface area is 246 Å². The molecule has 0 spiro atoms. The van der Waals surface area contributed by atoms with E-state index >= 15 is 0 Å². The molecule has 0 aliphatic heterocycles. The minimum atomic E-state index is -4.81. The zero-order chi connectivity index (χ0) is 31.8. The number of carbonyl (C=O) groups excluding carboxylic acids is 2. The van der Waals surface area contributed by atoms with Crippen LogP contribution < -0.4 is 11.1 Å². The summed E-state index contributed by atoms with van der Waals surface area (Å²) in [6, 6.07) is 8.36. The van der Waals surface area contributed by atoms with E-state index in [0.29, 0.717) is 17.2 Å². The van der Waals surface area contributed by atoms with E-state index in [-0.39, 0.29) is 48.2 Å². The Morgan fingerprint density at radius 1 is 1.09 bits per heavy atom. The van der Waals surface area contributed by atoms with Crippen molar-refractivity contribution in [2.45, 2.75) is 50.6 Å². The molecule has 0 saturated heterocycles. The molecule has 2 amide bonds. The van der Waals surface area contributed by atoms with Crippen molar-refractivity contribution in [3.63, 3.8) is 0 Å². The van der Waals surface area contributed by atoms with Gasteiger partial charge in [-0.2, -0.15) is 18.3 Å². The van der Waals surface area contributed by atoms with Gasteiger partial charge in [0.15, 0.2) is 5.69 Å². The highest BCUT2D eigenvalue weighted by Crippen LogP contribution is 2.36. The minimum Gasteiger partial charge on any atom is -0.393 e.